The van der Waals surface area contributed by atoms with E-state index in [0.717, 1.165) is 11.8 Å². The molecule has 27 heavy (non-hydrogen) atoms. The van der Waals surface area contributed by atoms with Gasteiger partial charge in [-0.3, -0.25) is 14.3 Å². The fourth-order valence-electron chi connectivity index (χ4n) is 2.50. The molecule has 0 aliphatic rings. The van der Waals surface area contributed by atoms with Crippen LogP contribution < -0.4 is 10.0 Å². The summed E-state index contributed by atoms with van der Waals surface area (Å²) in [6.07, 6.45) is 1.02. The lowest BCUT2D eigenvalue weighted by atomic mass is 10.0. The van der Waals surface area contributed by atoms with Crippen LogP contribution in [0.2, 0.25) is 0 Å². The zero-order valence-electron chi connectivity index (χ0n) is 15.1. The van der Waals surface area contributed by atoms with Gasteiger partial charge in [-0.05, 0) is 30.7 Å². The standard InChI is InChI=1S/C19H22N2O5S/c1-3-26-18(22)13-17(14-8-5-4-6-9-14)20-19(23)15-10-7-11-16(12-15)21-27(2,24)25/h4-12,17,21H,3,13H2,1-2H3,(H,20,23). The number of carbonyl (C=O) groups excluding carboxylic acids is 2. The van der Waals surface area contributed by atoms with E-state index in [2.05, 4.69) is 10.0 Å². The summed E-state index contributed by atoms with van der Waals surface area (Å²) in [5, 5.41) is 2.81. The molecule has 2 aromatic carbocycles. The van der Waals surface area contributed by atoms with Crippen LogP contribution in [0.3, 0.4) is 0 Å². The summed E-state index contributed by atoms with van der Waals surface area (Å²) in [7, 11) is -3.45. The van der Waals surface area contributed by atoms with Crippen LogP contribution in [0.15, 0.2) is 54.6 Å². The van der Waals surface area contributed by atoms with Gasteiger partial charge in [-0.2, -0.15) is 0 Å². The fourth-order valence-corrected chi connectivity index (χ4v) is 3.06. The van der Waals surface area contributed by atoms with E-state index in [1.54, 1.807) is 25.1 Å². The molecular weight excluding hydrogens is 368 g/mol. The molecule has 0 spiro atoms. The molecule has 2 rings (SSSR count). The number of carbonyl (C=O) groups is 2. The largest absolute Gasteiger partial charge is 0.466 e. The van der Waals surface area contributed by atoms with Crippen LogP contribution in [0.5, 0.6) is 0 Å². The number of nitrogens with one attached hydrogen (secondary N) is 2. The molecule has 0 radical (unpaired) electrons. The van der Waals surface area contributed by atoms with Crippen LogP contribution >= 0.6 is 0 Å². The molecule has 0 heterocycles. The van der Waals surface area contributed by atoms with E-state index < -0.39 is 27.9 Å². The summed E-state index contributed by atoms with van der Waals surface area (Å²) >= 11 is 0. The lowest BCUT2D eigenvalue weighted by Crippen LogP contribution is -2.30. The van der Waals surface area contributed by atoms with Crippen molar-refractivity contribution in [3.05, 3.63) is 65.7 Å². The van der Waals surface area contributed by atoms with Gasteiger partial charge in [0.15, 0.2) is 0 Å². The SMILES string of the molecule is CCOC(=O)CC(NC(=O)c1cccc(NS(C)(=O)=O)c1)c1ccccc1. The van der Waals surface area contributed by atoms with Crippen molar-refractivity contribution in [1.82, 2.24) is 5.32 Å². The molecule has 0 bridgehead atoms. The van der Waals surface area contributed by atoms with E-state index in [4.69, 9.17) is 4.74 Å². The van der Waals surface area contributed by atoms with Gasteiger partial charge < -0.3 is 10.1 Å². The topological polar surface area (TPSA) is 102 Å². The summed E-state index contributed by atoms with van der Waals surface area (Å²) in [6.45, 7) is 1.97. The van der Waals surface area contributed by atoms with Crippen LogP contribution in [0.25, 0.3) is 0 Å². The number of hydrogen-bond acceptors (Lipinski definition) is 5. The average molecular weight is 390 g/mol. The predicted octanol–water partition coefficient (Wildman–Crippen LogP) is 2.48. The molecule has 0 fully saturated rings. The number of benzene rings is 2. The second-order valence-electron chi connectivity index (χ2n) is 5.90. The van der Waals surface area contributed by atoms with E-state index in [1.807, 2.05) is 30.3 Å². The first-order valence-corrected chi connectivity index (χ1v) is 10.3. The molecule has 2 aromatic rings. The normalized spacial score (nSPS) is 12.1. The number of rotatable bonds is 8. The van der Waals surface area contributed by atoms with E-state index in [9.17, 15) is 18.0 Å². The first-order chi connectivity index (χ1) is 12.8. The van der Waals surface area contributed by atoms with Crippen LogP contribution in [0.1, 0.15) is 35.3 Å². The molecule has 0 saturated heterocycles. The Morgan fingerprint density at radius 1 is 1.07 bits per heavy atom. The molecule has 0 aromatic heterocycles. The maximum Gasteiger partial charge on any atom is 0.308 e. The van der Waals surface area contributed by atoms with E-state index in [-0.39, 0.29) is 24.3 Å². The van der Waals surface area contributed by atoms with Crippen molar-refractivity contribution in [2.24, 2.45) is 0 Å². The van der Waals surface area contributed by atoms with Crippen molar-refractivity contribution in [2.75, 3.05) is 17.6 Å². The molecule has 1 atom stereocenters. The maximum atomic E-state index is 12.6. The van der Waals surface area contributed by atoms with Gasteiger partial charge >= 0.3 is 5.97 Å². The molecule has 1 unspecified atom stereocenters. The summed E-state index contributed by atoms with van der Waals surface area (Å²) in [5.74, 6) is -0.843. The van der Waals surface area contributed by atoms with Crippen molar-refractivity contribution in [3.8, 4) is 0 Å². The number of ether oxygens (including phenoxy) is 1. The first-order valence-electron chi connectivity index (χ1n) is 8.38. The highest BCUT2D eigenvalue weighted by Gasteiger charge is 2.20. The first kappa shape index (κ1) is 20.4. The van der Waals surface area contributed by atoms with E-state index in [0.29, 0.717) is 0 Å². The summed E-state index contributed by atoms with van der Waals surface area (Å²) in [5.41, 5.74) is 1.32. The van der Waals surface area contributed by atoms with Crippen molar-refractivity contribution < 1.29 is 22.7 Å². The third kappa shape index (κ3) is 6.74. The predicted molar refractivity (Wildman–Crippen MR) is 103 cm³/mol. The monoisotopic (exact) mass is 390 g/mol. The summed E-state index contributed by atoms with van der Waals surface area (Å²) in [4.78, 5) is 24.6. The van der Waals surface area contributed by atoms with Crippen molar-refractivity contribution in [1.29, 1.82) is 0 Å². The number of hydrogen-bond donors (Lipinski definition) is 2. The Morgan fingerprint density at radius 2 is 1.78 bits per heavy atom. The van der Waals surface area contributed by atoms with E-state index in [1.165, 1.54) is 6.07 Å². The molecule has 8 heteroatoms. The highest BCUT2D eigenvalue weighted by Crippen LogP contribution is 2.19. The van der Waals surface area contributed by atoms with Crippen LogP contribution in [0.4, 0.5) is 5.69 Å². The second kappa shape index (κ2) is 9.18. The molecule has 7 nitrogen and oxygen atoms in total. The Bertz CT molecular complexity index is 897. The number of amides is 1. The van der Waals surface area contributed by atoms with Crippen LogP contribution in [0, 0.1) is 0 Å². The smallest absolute Gasteiger partial charge is 0.308 e. The molecule has 144 valence electrons. The van der Waals surface area contributed by atoms with Gasteiger partial charge in [-0.15, -0.1) is 0 Å². The van der Waals surface area contributed by atoms with Crippen LogP contribution in [-0.2, 0) is 19.6 Å². The quantitative estimate of drug-likeness (QED) is 0.674. The highest BCUT2D eigenvalue weighted by molar-refractivity contribution is 7.92. The van der Waals surface area contributed by atoms with E-state index >= 15 is 0 Å². The zero-order valence-corrected chi connectivity index (χ0v) is 16.0. The number of sulfonamides is 1. The highest BCUT2D eigenvalue weighted by atomic mass is 32.2. The molecule has 0 aliphatic carbocycles. The van der Waals surface area contributed by atoms with Gasteiger partial charge in [0.05, 0.1) is 25.3 Å². The fraction of sp³-hybridized carbons (Fsp3) is 0.263. The third-order valence-corrected chi connectivity index (χ3v) is 4.22. The Balaban J connectivity index is 2.20. The number of esters is 1. The average Bonchev–Trinajstić information content (AvgIpc) is 2.61. The minimum absolute atomic E-state index is 0.00905. The minimum Gasteiger partial charge on any atom is -0.466 e. The lowest BCUT2D eigenvalue weighted by Gasteiger charge is -2.19. The maximum absolute atomic E-state index is 12.6. The Labute approximate surface area is 158 Å². The third-order valence-electron chi connectivity index (χ3n) is 3.61. The number of anilines is 1. The molecule has 0 aliphatic heterocycles. The second-order valence-corrected chi connectivity index (χ2v) is 7.65. The molecule has 2 N–H and O–H groups in total. The van der Waals surface area contributed by atoms with Gasteiger partial charge in [0.1, 0.15) is 0 Å². The molecule has 1 amide bonds. The summed E-state index contributed by atoms with van der Waals surface area (Å²) < 4.78 is 30.0. The van der Waals surface area contributed by atoms with Crippen LogP contribution in [-0.4, -0.2) is 33.2 Å². The van der Waals surface area contributed by atoms with Gasteiger partial charge in [0.25, 0.3) is 5.91 Å². The van der Waals surface area contributed by atoms with Crippen molar-refractivity contribution >= 4 is 27.6 Å². The molecular formula is C19H22N2O5S. The van der Waals surface area contributed by atoms with Crippen molar-refractivity contribution in [2.45, 2.75) is 19.4 Å². The summed E-state index contributed by atoms with van der Waals surface area (Å²) in [6, 6.07) is 14.6. The van der Waals surface area contributed by atoms with Gasteiger partial charge in [0.2, 0.25) is 10.0 Å². The Morgan fingerprint density at radius 3 is 2.41 bits per heavy atom. The van der Waals surface area contributed by atoms with Crippen molar-refractivity contribution in [3.63, 3.8) is 0 Å². The zero-order chi connectivity index (χ0) is 19.9. The van der Waals surface area contributed by atoms with Gasteiger partial charge in [-0.25, -0.2) is 8.42 Å². The Hall–Kier alpha value is -2.87. The molecule has 0 saturated carbocycles. The van der Waals surface area contributed by atoms with Gasteiger partial charge in [-0.1, -0.05) is 36.4 Å². The lowest BCUT2D eigenvalue weighted by molar-refractivity contribution is -0.143. The Kier molecular flexibility index (Phi) is 6.95. The van der Waals surface area contributed by atoms with Gasteiger partial charge in [0, 0.05) is 11.3 Å². The minimum atomic E-state index is -3.45.